The number of alkyl halides is 2. The highest BCUT2D eigenvalue weighted by Crippen LogP contribution is 2.30. The van der Waals surface area contributed by atoms with Gasteiger partial charge in [-0.05, 0) is 35.7 Å². The molecule has 0 spiro atoms. The van der Waals surface area contributed by atoms with Crippen LogP contribution in [0.3, 0.4) is 0 Å². The minimum atomic E-state index is -4.05. The number of hydrogen-bond donors (Lipinski definition) is 2. The Morgan fingerprint density at radius 1 is 1.28 bits per heavy atom. The average Bonchev–Trinajstić information content (AvgIpc) is 3.12. The zero-order chi connectivity index (χ0) is 25.7. The van der Waals surface area contributed by atoms with Crippen molar-refractivity contribution in [2.24, 2.45) is 0 Å². The zero-order valence-corrected chi connectivity index (χ0v) is 17.2. The molecule has 166 valence electrons. The number of nitrogens with zero attached hydrogens (tertiary/aromatic N) is 1. The highest BCUT2D eigenvalue weighted by molar-refractivity contribution is 6.30. The minimum absolute atomic E-state index is 0.00259. The van der Waals surface area contributed by atoms with Crippen LogP contribution in [0.4, 0.5) is 8.78 Å². The Morgan fingerprint density at radius 3 is 2.69 bits per heavy atom. The Kier molecular flexibility index (Phi) is 4.74. The molecule has 2 aliphatic heterocycles. The van der Waals surface area contributed by atoms with Gasteiger partial charge >= 0.3 is 5.92 Å². The first kappa shape index (κ1) is 18.3. The standard InChI is InChI=1S/C22H18ClF2N3O4/c23-15-4-2-14(3-5-15)22(24,25)21(32)26-10-12-1-6-16-13(9-12)11-28(20(16)31)17-7-8-18(29)27-19(17)30/h1-6,9,17H,7-8,10-11H2,(H,26,32)(H,27,29,30)/i1D,9D/hD. The summed E-state index contributed by atoms with van der Waals surface area (Å²) >= 11 is 5.69. The number of benzene rings is 2. The van der Waals surface area contributed by atoms with Gasteiger partial charge in [0, 0.05) is 35.7 Å². The first-order valence-corrected chi connectivity index (χ1v) is 10.0. The van der Waals surface area contributed by atoms with E-state index in [2.05, 4.69) is 5.32 Å². The number of halogens is 3. The summed E-state index contributed by atoms with van der Waals surface area (Å²) in [5.41, 5.74) is -0.712. The number of carbonyl (C=O) groups excluding carboxylic acids is 4. The predicted octanol–water partition coefficient (Wildman–Crippen LogP) is 2.51. The molecule has 1 saturated heterocycles. The van der Waals surface area contributed by atoms with E-state index in [1.807, 2.05) is 0 Å². The van der Waals surface area contributed by atoms with Crippen molar-refractivity contribution in [1.29, 1.82) is 0 Å². The van der Waals surface area contributed by atoms with Crippen LogP contribution in [-0.2, 0) is 33.4 Å². The normalized spacial score (nSPS) is 19.7. The molecule has 4 rings (SSSR count). The third kappa shape index (κ3) is 4.08. The van der Waals surface area contributed by atoms with Crippen LogP contribution in [0.5, 0.6) is 0 Å². The molecular formula is C22H18ClF2N3O4. The quantitative estimate of drug-likeness (QED) is 0.665. The molecule has 7 nitrogen and oxygen atoms in total. The van der Waals surface area contributed by atoms with Crippen molar-refractivity contribution in [2.75, 3.05) is 0 Å². The van der Waals surface area contributed by atoms with Crippen LogP contribution in [0.1, 0.15) is 42.6 Å². The molecule has 10 heteroatoms. The lowest BCUT2D eigenvalue weighted by molar-refractivity contribution is -0.147. The number of amides is 4. The molecule has 0 saturated carbocycles. The number of piperidine rings is 1. The zero-order valence-electron chi connectivity index (χ0n) is 19.5. The second-order valence-corrected chi connectivity index (χ2v) is 7.82. The Hall–Kier alpha value is -3.33. The second-order valence-electron chi connectivity index (χ2n) is 7.39. The van der Waals surface area contributed by atoms with Crippen molar-refractivity contribution >= 4 is 35.2 Å². The number of fused-ring (bicyclic) bond motifs is 1. The van der Waals surface area contributed by atoms with Crippen molar-refractivity contribution in [3.05, 3.63) is 69.7 Å². The van der Waals surface area contributed by atoms with Crippen LogP contribution in [0.25, 0.3) is 0 Å². The lowest BCUT2D eigenvalue weighted by Gasteiger charge is -2.29. The van der Waals surface area contributed by atoms with E-state index in [9.17, 15) is 28.0 Å². The fourth-order valence-corrected chi connectivity index (χ4v) is 3.72. The molecule has 2 aromatic carbocycles. The lowest BCUT2D eigenvalue weighted by atomic mass is 10.0. The Bertz CT molecular complexity index is 1260. The van der Waals surface area contributed by atoms with E-state index in [-0.39, 0.29) is 58.5 Å². The molecule has 2 N–H and O–H groups in total. The van der Waals surface area contributed by atoms with Crippen molar-refractivity contribution in [3.63, 3.8) is 0 Å². The van der Waals surface area contributed by atoms with E-state index < -0.39 is 47.7 Å². The summed E-state index contributed by atoms with van der Waals surface area (Å²) in [5, 5.41) is 2.32. The molecule has 1 fully saturated rings. The smallest absolute Gasteiger partial charge is 0.346 e. The van der Waals surface area contributed by atoms with Crippen LogP contribution in [0, 0.1) is 0 Å². The maximum absolute atomic E-state index is 14.7. The summed E-state index contributed by atoms with van der Waals surface area (Å²) in [7, 11) is 0. The molecule has 2 aromatic rings. The third-order valence-corrected chi connectivity index (χ3v) is 5.53. The summed E-state index contributed by atoms with van der Waals surface area (Å²) in [4.78, 5) is 50.0. The molecule has 1 atom stereocenters. The summed E-state index contributed by atoms with van der Waals surface area (Å²) in [5.74, 6) is -7.61. The topological polar surface area (TPSA) is 95.6 Å². The molecule has 0 aliphatic carbocycles. The van der Waals surface area contributed by atoms with E-state index in [0.717, 1.165) is 18.2 Å². The number of imide groups is 1. The highest BCUT2D eigenvalue weighted by Gasteiger charge is 2.41. The number of hydrogen-bond acceptors (Lipinski definition) is 4. The summed E-state index contributed by atoms with van der Waals surface area (Å²) in [6.45, 7) is -0.959. The van der Waals surface area contributed by atoms with Crippen LogP contribution in [0.15, 0.2) is 42.4 Å². The molecular weight excluding hydrogens is 444 g/mol. The largest absolute Gasteiger partial charge is 0.349 e. The van der Waals surface area contributed by atoms with Gasteiger partial charge < -0.3 is 10.2 Å². The van der Waals surface area contributed by atoms with Crippen LogP contribution >= 0.6 is 11.6 Å². The predicted molar refractivity (Wildman–Crippen MR) is 110 cm³/mol. The fraction of sp³-hybridized carbons (Fsp3) is 0.273. The van der Waals surface area contributed by atoms with Gasteiger partial charge in [0.1, 0.15) is 6.04 Å². The van der Waals surface area contributed by atoms with Crippen LogP contribution in [-0.4, -0.2) is 34.6 Å². The summed E-state index contributed by atoms with van der Waals surface area (Å²) in [6, 6.07) is 3.75. The molecule has 32 heavy (non-hydrogen) atoms. The Labute approximate surface area is 191 Å². The maximum atomic E-state index is 14.7. The molecule has 2 heterocycles. The van der Waals surface area contributed by atoms with Crippen molar-refractivity contribution in [3.8, 4) is 0 Å². The van der Waals surface area contributed by atoms with E-state index in [4.69, 9.17) is 15.8 Å². The van der Waals surface area contributed by atoms with Gasteiger partial charge in [-0.25, -0.2) is 0 Å². The molecule has 0 aromatic heterocycles. The fourth-order valence-electron chi connectivity index (χ4n) is 3.59. The first-order valence-electron chi connectivity index (χ1n) is 11.1. The van der Waals surface area contributed by atoms with Gasteiger partial charge in [-0.15, -0.1) is 0 Å². The van der Waals surface area contributed by atoms with Gasteiger partial charge in [-0.1, -0.05) is 35.8 Å². The van der Waals surface area contributed by atoms with Crippen LogP contribution < -0.4 is 10.6 Å². The van der Waals surface area contributed by atoms with Gasteiger partial charge in [0.05, 0.1) is 2.74 Å². The number of rotatable bonds is 5. The Balaban J connectivity index is 1.57. The molecule has 1 unspecified atom stereocenters. The van der Waals surface area contributed by atoms with Gasteiger partial charge in [0.2, 0.25) is 11.8 Å². The van der Waals surface area contributed by atoms with Crippen molar-refractivity contribution in [2.45, 2.75) is 37.9 Å². The number of carbonyl (C=O) groups is 4. The summed E-state index contributed by atoms with van der Waals surface area (Å²) < 4.78 is 53.9. The van der Waals surface area contributed by atoms with Gasteiger partial charge in [-0.3, -0.25) is 24.5 Å². The SMILES string of the molecule is [2H]c1cc2c(c([2H])c1CN([2H])C(=O)C(F)(F)c1ccc(Cl)cc1)CN(C1CCC(=O)NC1=O)C2=O. The number of nitrogens with one attached hydrogen (secondary N) is 2. The second kappa shape index (κ2) is 8.31. The van der Waals surface area contributed by atoms with Gasteiger partial charge in [-0.2, -0.15) is 8.78 Å². The van der Waals surface area contributed by atoms with Crippen molar-refractivity contribution < 1.29 is 32.1 Å². The molecule has 0 bridgehead atoms. The Morgan fingerprint density at radius 2 is 2.00 bits per heavy atom. The average molecular weight is 465 g/mol. The van der Waals surface area contributed by atoms with Gasteiger partial charge in [0.15, 0.2) is 1.41 Å². The maximum Gasteiger partial charge on any atom is 0.349 e. The van der Waals surface area contributed by atoms with Crippen molar-refractivity contribution in [1.82, 2.24) is 15.5 Å². The highest BCUT2D eigenvalue weighted by atomic mass is 35.5. The molecule has 0 radical (unpaired) electrons. The van der Waals surface area contributed by atoms with Crippen LogP contribution in [0.2, 0.25) is 6.43 Å². The third-order valence-electron chi connectivity index (χ3n) is 5.28. The minimum Gasteiger partial charge on any atom is -0.346 e. The van der Waals surface area contributed by atoms with E-state index >= 15 is 0 Å². The van der Waals surface area contributed by atoms with E-state index in [1.54, 1.807) is 0 Å². The monoisotopic (exact) mass is 464 g/mol. The molecule has 4 amide bonds. The molecule has 2 aliphatic rings. The first-order chi connectivity index (χ1) is 16.4. The lowest BCUT2D eigenvalue weighted by Crippen LogP contribution is -2.52. The van der Waals surface area contributed by atoms with E-state index in [1.165, 1.54) is 17.0 Å². The van der Waals surface area contributed by atoms with E-state index in [0.29, 0.717) is 0 Å². The summed E-state index contributed by atoms with van der Waals surface area (Å²) in [6.07, 6.45) is 0.143. The van der Waals surface area contributed by atoms with Gasteiger partial charge in [0.25, 0.3) is 11.8 Å².